The molecule has 1 rings (SSSR count). The van der Waals surface area contributed by atoms with E-state index < -0.39 is 11.5 Å². The van der Waals surface area contributed by atoms with E-state index in [1.54, 1.807) is 31.2 Å². The Bertz CT molecular complexity index is 593. The lowest BCUT2D eigenvalue weighted by molar-refractivity contribution is -0.121. The van der Waals surface area contributed by atoms with Crippen molar-refractivity contribution in [2.24, 2.45) is 5.92 Å². The maximum absolute atomic E-state index is 12.0. The van der Waals surface area contributed by atoms with Crippen molar-refractivity contribution in [1.82, 2.24) is 5.32 Å². The summed E-state index contributed by atoms with van der Waals surface area (Å²) in [6.45, 7) is 5.44. The van der Waals surface area contributed by atoms with Gasteiger partial charge in [0.25, 0.3) is 0 Å². The largest absolute Gasteiger partial charge is 0.465 e. The average molecular weight is 303 g/mol. The van der Waals surface area contributed by atoms with E-state index in [1.165, 1.54) is 7.11 Å². The Balaban J connectivity index is 2.65. The van der Waals surface area contributed by atoms with E-state index in [0.717, 1.165) is 0 Å². The Morgan fingerprint density at radius 2 is 2.09 bits per heavy atom. The van der Waals surface area contributed by atoms with Crippen LogP contribution in [0.25, 0.3) is 0 Å². The highest BCUT2D eigenvalue weighted by Gasteiger charge is 2.29. The van der Waals surface area contributed by atoms with E-state index in [4.69, 9.17) is 0 Å². The fourth-order valence-corrected chi connectivity index (χ4v) is 1.69. The monoisotopic (exact) mass is 303 g/mol. The number of esters is 1. The van der Waals surface area contributed by atoms with Crippen LogP contribution in [0.4, 0.5) is 5.69 Å². The summed E-state index contributed by atoms with van der Waals surface area (Å²) in [7, 11) is 1.31. The van der Waals surface area contributed by atoms with Gasteiger partial charge in [-0.15, -0.1) is 0 Å². The summed E-state index contributed by atoms with van der Waals surface area (Å²) in [5.41, 5.74) is 0.116. The van der Waals surface area contributed by atoms with Crippen molar-refractivity contribution in [2.75, 3.05) is 19.0 Å². The molecule has 0 heterocycles. The zero-order valence-electron chi connectivity index (χ0n) is 13.3. The molecule has 0 saturated heterocycles. The Morgan fingerprint density at radius 1 is 1.41 bits per heavy atom. The van der Waals surface area contributed by atoms with Gasteiger partial charge in [-0.1, -0.05) is 19.9 Å². The van der Waals surface area contributed by atoms with E-state index in [-0.39, 0.29) is 18.4 Å². The molecule has 1 atom stereocenters. The summed E-state index contributed by atoms with van der Waals surface area (Å²) in [4.78, 5) is 23.4. The molecule has 22 heavy (non-hydrogen) atoms. The lowest BCUT2D eigenvalue weighted by Crippen LogP contribution is -2.50. The van der Waals surface area contributed by atoms with Gasteiger partial charge in [0, 0.05) is 5.69 Å². The van der Waals surface area contributed by atoms with Crippen LogP contribution >= 0.6 is 0 Å². The fourth-order valence-electron chi connectivity index (χ4n) is 1.69. The number of carbonyl (C=O) groups is 2. The first-order chi connectivity index (χ1) is 10.3. The number of anilines is 1. The number of rotatable bonds is 6. The lowest BCUT2D eigenvalue weighted by Gasteiger charge is -2.27. The van der Waals surface area contributed by atoms with Gasteiger partial charge < -0.3 is 15.4 Å². The Hall–Kier alpha value is -2.55. The zero-order chi connectivity index (χ0) is 16.8. The van der Waals surface area contributed by atoms with Crippen molar-refractivity contribution < 1.29 is 14.3 Å². The molecule has 0 radical (unpaired) electrons. The number of benzene rings is 1. The highest BCUT2D eigenvalue weighted by molar-refractivity contribution is 5.90. The number of amides is 1. The minimum absolute atomic E-state index is 0.00855. The molecule has 0 spiro atoms. The number of carbonyl (C=O) groups excluding carboxylic acids is 2. The van der Waals surface area contributed by atoms with Crippen LogP contribution in [-0.4, -0.2) is 31.1 Å². The number of nitrogens with one attached hydrogen (secondary N) is 2. The first-order valence-electron chi connectivity index (χ1n) is 6.97. The van der Waals surface area contributed by atoms with Crippen LogP contribution in [0, 0.1) is 17.2 Å². The Morgan fingerprint density at radius 3 is 2.64 bits per heavy atom. The molecular formula is C16H21N3O3. The first-order valence-corrected chi connectivity index (χ1v) is 6.97. The molecule has 118 valence electrons. The van der Waals surface area contributed by atoms with E-state index in [9.17, 15) is 14.9 Å². The van der Waals surface area contributed by atoms with Crippen LogP contribution in [-0.2, 0) is 9.53 Å². The van der Waals surface area contributed by atoms with Crippen molar-refractivity contribution in [2.45, 2.75) is 26.3 Å². The van der Waals surface area contributed by atoms with Gasteiger partial charge in [-0.3, -0.25) is 4.79 Å². The molecule has 6 nitrogen and oxygen atoms in total. The van der Waals surface area contributed by atoms with Crippen LogP contribution < -0.4 is 10.6 Å². The minimum atomic E-state index is -0.910. The first kappa shape index (κ1) is 17.5. The predicted octanol–water partition coefficient (Wildman–Crippen LogP) is 1.94. The quantitative estimate of drug-likeness (QED) is 0.784. The van der Waals surface area contributed by atoms with E-state index in [0.29, 0.717) is 11.3 Å². The maximum Gasteiger partial charge on any atom is 0.337 e. The van der Waals surface area contributed by atoms with Gasteiger partial charge in [-0.2, -0.15) is 5.26 Å². The van der Waals surface area contributed by atoms with Gasteiger partial charge >= 0.3 is 5.97 Å². The molecule has 1 aromatic carbocycles. The van der Waals surface area contributed by atoms with E-state index in [1.807, 2.05) is 13.8 Å². The lowest BCUT2D eigenvalue weighted by atomic mass is 9.90. The van der Waals surface area contributed by atoms with Crippen molar-refractivity contribution in [1.29, 1.82) is 5.26 Å². The Kier molecular flexibility index (Phi) is 5.93. The second kappa shape index (κ2) is 7.46. The molecule has 1 amide bonds. The molecule has 2 N–H and O–H groups in total. The van der Waals surface area contributed by atoms with Crippen molar-refractivity contribution in [3.05, 3.63) is 29.8 Å². The standard InChI is InChI=1S/C16H21N3O3/c1-11(2)16(3,10-17)19-14(20)9-18-13-7-5-6-12(8-13)15(21)22-4/h5-8,11,18H,9H2,1-4H3,(H,19,20). The number of methoxy groups -OCH3 is 1. The van der Waals surface area contributed by atoms with Crippen molar-refractivity contribution >= 4 is 17.6 Å². The third-order valence-electron chi connectivity index (χ3n) is 3.52. The third kappa shape index (κ3) is 4.48. The molecule has 0 aliphatic rings. The third-order valence-corrected chi connectivity index (χ3v) is 3.52. The average Bonchev–Trinajstić information content (AvgIpc) is 2.52. The molecule has 0 fully saturated rings. The Labute approximate surface area is 130 Å². The highest BCUT2D eigenvalue weighted by Crippen LogP contribution is 2.15. The topological polar surface area (TPSA) is 91.2 Å². The number of nitrogens with zero attached hydrogens (tertiary/aromatic N) is 1. The zero-order valence-corrected chi connectivity index (χ0v) is 13.3. The van der Waals surface area contributed by atoms with Gasteiger partial charge in [-0.05, 0) is 31.0 Å². The fraction of sp³-hybridized carbons (Fsp3) is 0.438. The minimum Gasteiger partial charge on any atom is -0.465 e. The van der Waals surface area contributed by atoms with Crippen molar-refractivity contribution in [3.8, 4) is 6.07 Å². The summed E-state index contributed by atoms with van der Waals surface area (Å²) in [5, 5.41) is 14.8. The summed E-state index contributed by atoms with van der Waals surface area (Å²) >= 11 is 0. The van der Waals surface area contributed by atoms with Crippen LogP contribution in [0.2, 0.25) is 0 Å². The van der Waals surface area contributed by atoms with Crippen LogP contribution in [0.5, 0.6) is 0 Å². The number of nitriles is 1. The molecule has 0 aliphatic heterocycles. The normalized spacial score (nSPS) is 12.9. The predicted molar refractivity (Wildman–Crippen MR) is 83.3 cm³/mol. The molecule has 0 saturated carbocycles. The van der Waals surface area contributed by atoms with Crippen molar-refractivity contribution in [3.63, 3.8) is 0 Å². The smallest absolute Gasteiger partial charge is 0.337 e. The van der Waals surface area contributed by atoms with E-state index in [2.05, 4.69) is 21.4 Å². The van der Waals surface area contributed by atoms with Crippen LogP contribution in [0.1, 0.15) is 31.1 Å². The molecule has 0 bridgehead atoms. The van der Waals surface area contributed by atoms with Gasteiger partial charge in [0.1, 0.15) is 5.54 Å². The summed E-state index contributed by atoms with van der Waals surface area (Å²) in [6, 6.07) is 8.78. The molecule has 6 heteroatoms. The number of hydrogen-bond acceptors (Lipinski definition) is 5. The molecular weight excluding hydrogens is 282 g/mol. The molecule has 0 aromatic heterocycles. The SMILES string of the molecule is COC(=O)c1cccc(NCC(=O)NC(C)(C#N)C(C)C)c1. The van der Waals surface area contributed by atoms with E-state index >= 15 is 0 Å². The summed E-state index contributed by atoms with van der Waals surface area (Å²) < 4.78 is 4.64. The van der Waals surface area contributed by atoms with Crippen LogP contribution in [0.15, 0.2) is 24.3 Å². The highest BCUT2D eigenvalue weighted by atomic mass is 16.5. The van der Waals surface area contributed by atoms with Gasteiger partial charge in [0.05, 0.1) is 25.3 Å². The second-order valence-electron chi connectivity index (χ2n) is 5.44. The molecule has 1 aromatic rings. The van der Waals surface area contributed by atoms with Crippen LogP contribution in [0.3, 0.4) is 0 Å². The number of hydrogen-bond donors (Lipinski definition) is 2. The number of ether oxygens (including phenoxy) is 1. The molecule has 1 unspecified atom stereocenters. The van der Waals surface area contributed by atoms with Gasteiger partial charge in [0.2, 0.25) is 5.91 Å². The molecule has 0 aliphatic carbocycles. The van der Waals surface area contributed by atoms with Gasteiger partial charge in [-0.25, -0.2) is 4.79 Å². The van der Waals surface area contributed by atoms with Gasteiger partial charge in [0.15, 0.2) is 0 Å². The maximum atomic E-state index is 12.0. The second-order valence-corrected chi connectivity index (χ2v) is 5.44. The summed E-state index contributed by atoms with van der Waals surface area (Å²) in [5.74, 6) is -0.740. The summed E-state index contributed by atoms with van der Waals surface area (Å²) in [6.07, 6.45) is 0.